The topological polar surface area (TPSA) is 73.9 Å². The number of nitrogens with one attached hydrogen (secondary N) is 1. The maximum absolute atomic E-state index is 12.1. The van der Waals surface area contributed by atoms with E-state index in [1.165, 1.54) is 12.1 Å². The first-order valence-corrected chi connectivity index (χ1v) is 8.02. The van der Waals surface area contributed by atoms with Crippen molar-refractivity contribution in [2.75, 3.05) is 18.7 Å². The van der Waals surface area contributed by atoms with Crippen molar-refractivity contribution in [3.63, 3.8) is 0 Å². The van der Waals surface area contributed by atoms with Gasteiger partial charge in [-0.3, -0.25) is 4.79 Å². The van der Waals surface area contributed by atoms with E-state index in [2.05, 4.69) is 5.32 Å². The first-order valence-electron chi connectivity index (χ1n) is 7.26. The number of halogens is 2. The van der Waals surface area contributed by atoms with Crippen LogP contribution >= 0.6 is 23.2 Å². The molecule has 0 saturated heterocycles. The van der Waals surface area contributed by atoms with Crippen molar-refractivity contribution in [1.29, 1.82) is 0 Å². The third-order valence-corrected chi connectivity index (χ3v) is 4.14. The average molecular weight is 382 g/mol. The van der Waals surface area contributed by atoms with Crippen LogP contribution < -0.4 is 14.8 Å². The molecular formula is C17H13Cl2NO5. The van der Waals surface area contributed by atoms with Gasteiger partial charge in [0.05, 0.1) is 10.6 Å². The summed E-state index contributed by atoms with van der Waals surface area (Å²) in [7, 11) is 0. The van der Waals surface area contributed by atoms with E-state index in [4.69, 9.17) is 37.4 Å². The Morgan fingerprint density at radius 2 is 1.96 bits per heavy atom. The predicted octanol–water partition coefficient (Wildman–Crippen LogP) is 3.83. The molecule has 0 saturated carbocycles. The summed E-state index contributed by atoms with van der Waals surface area (Å²) in [6.45, 7) is 1.44. The van der Waals surface area contributed by atoms with Gasteiger partial charge in [0.25, 0.3) is 5.91 Å². The number of ether oxygens (including phenoxy) is 3. The van der Waals surface area contributed by atoms with E-state index < -0.39 is 18.5 Å². The Balaban J connectivity index is 1.59. The summed E-state index contributed by atoms with van der Waals surface area (Å²) in [6, 6.07) is 7.95. The quantitative estimate of drug-likeness (QED) is 0.814. The molecule has 3 rings (SSSR count). The van der Waals surface area contributed by atoms with Gasteiger partial charge < -0.3 is 19.5 Å². The van der Waals surface area contributed by atoms with Gasteiger partial charge in [-0.15, -0.1) is 0 Å². The number of aryl methyl sites for hydroxylation is 1. The van der Waals surface area contributed by atoms with Crippen molar-refractivity contribution in [3.05, 3.63) is 51.5 Å². The molecule has 0 aromatic heterocycles. The minimum Gasteiger partial charge on any atom is -0.454 e. The van der Waals surface area contributed by atoms with Gasteiger partial charge in [-0.05, 0) is 36.8 Å². The van der Waals surface area contributed by atoms with Crippen molar-refractivity contribution in [1.82, 2.24) is 0 Å². The van der Waals surface area contributed by atoms with Crippen LogP contribution in [0, 0.1) is 6.92 Å². The van der Waals surface area contributed by atoms with E-state index in [1.807, 2.05) is 6.92 Å². The number of anilines is 1. The van der Waals surface area contributed by atoms with E-state index in [1.54, 1.807) is 18.2 Å². The SMILES string of the molecule is Cc1ccc(NC(=O)COC(=O)c2cc(Cl)c3c(c2)OCO3)cc1Cl. The van der Waals surface area contributed by atoms with Gasteiger partial charge in [0.1, 0.15) is 0 Å². The number of fused-ring (bicyclic) bond motifs is 1. The van der Waals surface area contributed by atoms with Crippen LogP contribution in [0.4, 0.5) is 5.69 Å². The third kappa shape index (κ3) is 3.97. The molecule has 0 fully saturated rings. The Morgan fingerprint density at radius 3 is 2.72 bits per heavy atom. The molecule has 130 valence electrons. The van der Waals surface area contributed by atoms with Crippen molar-refractivity contribution in [3.8, 4) is 11.5 Å². The van der Waals surface area contributed by atoms with E-state index in [9.17, 15) is 9.59 Å². The number of hydrogen-bond acceptors (Lipinski definition) is 5. The molecule has 1 aliphatic heterocycles. The Labute approximate surface area is 153 Å². The second-order valence-corrected chi connectivity index (χ2v) is 6.09. The Morgan fingerprint density at radius 1 is 1.16 bits per heavy atom. The molecule has 0 unspecified atom stereocenters. The molecule has 0 aliphatic carbocycles. The van der Waals surface area contributed by atoms with Crippen LogP contribution in [0.5, 0.6) is 11.5 Å². The molecule has 1 N–H and O–H groups in total. The zero-order valence-electron chi connectivity index (χ0n) is 13.1. The average Bonchev–Trinajstić information content (AvgIpc) is 3.05. The van der Waals surface area contributed by atoms with E-state index in [-0.39, 0.29) is 17.4 Å². The fraction of sp³-hybridized carbons (Fsp3) is 0.176. The summed E-state index contributed by atoms with van der Waals surface area (Å²) in [5, 5.41) is 3.37. The predicted molar refractivity (Wildman–Crippen MR) is 92.7 cm³/mol. The monoisotopic (exact) mass is 381 g/mol. The van der Waals surface area contributed by atoms with Gasteiger partial charge in [0.2, 0.25) is 6.79 Å². The molecule has 25 heavy (non-hydrogen) atoms. The summed E-state index contributed by atoms with van der Waals surface area (Å²) < 4.78 is 15.3. The number of carbonyl (C=O) groups excluding carboxylic acids is 2. The number of amides is 1. The van der Waals surface area contributed by atoms with Gasteiger partial charge in [0, 0.05) is 10.7 Å². The highest BCUT2D eigenvalue weighted by Crippen LogP contribution is 2.39. The summed E-state index contributed by atoms with van der Waals surface area (Å²) in [4.78, 5) is 24.0. The van der Waals surface area contributed by atoms with Crippen molar-refractivity contribution in [2.45, 2.75) is 6.92 Å². The molecule has 0 radical (unpaired) electrons. The maximum Gasteiger partial charge on any atom is 0.338 e. The van der Waals surface area contributed by atoms with Crippen LogP contribution in [0.2, 0.25) is 10.0 Å². The van der Waals surface area contributed by atoms with Crippen molar-refractivity contribution in [2.24, 2.45) is 0 Å². The molecule has 0 bridgehead atoms. The number of esters is 1. The van der Waals surface area contributed by atoms with Crippen molar-refractivity contribution < 1.29 is 23.8 Å². The largest absolute Gasteiger partial charge is 0.454 e. The van der Waals surface area contributed by atoms with Crippen LogP contribution in [0.1, 0.15) is 15.9 Å². The standard InChI is InChI=1S/C17H13Cl2NO5/c1-9-2-3-11(6-12(9)18)20-15(21)7-23-17(22)10-4-13(19)16-14(5-10)24-8-25-16/h2-6H,7-8H2,1H3,(H,20,21). The summed E-state index contributed by atoms with van der Waals surface area (Å²) in [5.41, 5.74) is 1.58. The normalized spacial score (nSPS) is 12.0. The van der Waals surface area contributed by atoms with Gasteiger partial charge in [0.15, 0.2) is 18.1 Å². The van der Waals surface area contributed by atoms with Crippen LogP contribution in [-0.4, -0.2) is 25.3 Å². The second-order valence-electron chi connectivity index (χ2n) is 5.28. The number of hydrogen-bond donors (Lipinski definition) is 1. The van der Waals surface area contributed by atoms with Crippen LogP contribution in [0.3, 0.4) is 0 Å². The number of rotatable bonds is 4. The fourth-order valence-corrected chi connectivity index (χ4v) is 2.61. The van der Waals surface area contributed by atoms with Crippen LogP contribution in [0.15, 0.2) is 30.3 Å². The zero-order valence-corrected chi connectivity index (χ0v) is 14.6. The molecule has 1 amide bonds. The van der Waals surface area contributed by atoms with Crippen LogP contribution in [0.25, 0.3) is 0 Å². The molecule has 1 heterocycles. The summed E-state index contributed by atoms with van der Waals surface area (Å²) in [6.07, 6.45) is 0. The molecule has 8 heteroatoms. The lowest BCUT2D eigenvalue weighted by atomic mass is 10.2. The third-order valence-electron chi connectivity index (χ3n) is 3.45. The number of benzene rings is 2. The zero-order chi connectivity index (χ0) is 18.0. The molecule has 0 atom stereocenters. The van der Waals surface area contributed by atoms with Crippen molar-refractivity contribution >= 4 is 40.8 Å². The number of carbonyl (C=O) groups is 2. The first kappa shape index (κ1) is 17.4. The molecule has 2 aromatic carbocycles. The smallest absolute Gasteiger partial charge is 0.338 e. The highest BCUT2D eigenvalue weighted by atomic mass is 35.5. The lowest BCUT2D eigenvalue weighted by molar-refractivity contribution is -0.119. The van der Waals surface area contributed by atoms with Gasteiger partial charge in [-0.2, -0.15) is 0 Å². The molecule has 6 nitrogen and oxygen atoms in total. The lowest BCUT2D eigenvalue weighted by Gasteiger charge is -2.08. The molecule has 0 spiro atoms. The highest BCUT2D eigenvalue weighted by Gasteiger charge is 2.21. The Hall–Kier alpha value is -2.44. The lowest BCUT2D eigenvalue weighted by Crippen LogP contribution is -2.21. The Kier molecular flexibility index (Phi) is 5.01. The minimum atomic E-state index is -0.697. The van der Waals surface area contributed by atoms with Gasteiger partial charge in [-0.1, -0.05) is 29.3 Å². The van der Waals surface area contributed by atoms with E-state index in [0.717, 1.165) is 5.56 Å². The van der Waals surface area contributed by atoms with Crippen LogP contribution in [-0.2, 0) is 9.53 Å². The highest BCUT2D eigenvalue weighted by molar-refractivity contribution is 6.32. The molecule has 1 aliphatic rings. The summed E-state index contributed by atoms with van der Waals surface area (Å²) >= 11 is 12.0. The first-order chi connectivity index (χ1) is 11.9. The minimum absolute atomic E-state index is 0.0368. The van der Waals surface area contributed by atoms with Gasteiger partial charge >= 0.3 is 5.97 Å². The maximum atomic E-state index is 12.1. The van der Waals surface area contributed by atoms with Gasteiger partial charge in [-0.25, -0.2) is 4.79 Å². The molecular weight excluding hydrogens is 369 g/mol. The molecule has 2 aromatic rings. The summed E-state index contributed by atoms with van der Waals surface area (Å²) in [5.74, 6) is -0.442. The Bertz CT molecular complexity index is 853. The van der Waals surface area contributed by atoms with E-state index in [0.29, 0.717) is 22.2 Å². The fourth-order valence-electron chi connectivity index (χ4n) is 2.17. The second kappa shape index (κ2) is 7.21. The van der Waals surface area contributed by atoms with E-state index >= 15 is 0 Å².